The number of ether oxygens (including phenoxy) is 7. The predicted molar refractivity (Wildman–Crippen MR) is 561 cm³/mol. The van der Waals surface area contributed by atoms with Crippen molar-refractivity contribution in [3.8, 4) is 0 Å². The number of ketones is 5. The SMILES string of the molecule is CC(C)CC(=O)[C@H](CCCCN)NC(=O)[C@@H]1CCCN1C(=O)[C@H](/C=C/[C@@H](C)CC(C)C)Cc1ccccc1.COC1=C(OC)C(=O)C(CCCCCCCCCCOC(=O)CCCCC[C@H](NC(=O)[C@@H]2CCCN2C(=O)[C@H](/C=C/[C@H](CC(C)C)NC(=O)OC(C)(C)C)Cc2ccccc2)C(=O)NC(C)C)=C(C)C1=O.COC1=C(OC)C(=O)C(CCCCCCCCCCOC(=O)Cl)=C(C)C1=O.I[I-]I. The first-order chi connectivity index (χ1) is 66.2. The Morgan fingerprint density at radius 2 is 0.885 bits per heavy atom. The molecule has 8 atom stereocenters. The van der Waals surface area contributed by atoms with Gasteiger partial charge in [-0.3, -0.25) is 52.7 Å². The molecule has 2 fully saturated rings. The van der Waals surface area contributed by atoms with Crippen molar-refractivity contribution >= 4 is 125 Å². The van der Waals surface area contributed by atoms with Crippen molar-refractivity contribution in [1.82, 2.24) is 31.1 Å². The fourth-order valence-electron chi connectivity index (χ4n) is 17.5. The molecule has 0 saturated carbocycles. The first-order valence-electron chi connectivity index (χ1n) is 50.5. The monoisotopic (exact) mass is 2300 g/mol. The summed E-state index contributed by atoms with van der Waals surface area (Å²) in [6, 6.07) is 16.6. The third-order valence-corrected chi connectivity index (χ3v) is 24.5. The van der Waals surface area contributed by atoms with Crippen LogP contribution in [0.25, 0.3) is 0 Å². The number of nitrogens with two attached hydrogens (primary N) is 1. The van der Waals surface area contributed by atoms with Gasteiger partial charge in [0.2, 0.25) is 75.7 Å². The first-order valence-corrected chi connectivity index (χ1v) is 63.4. The van der Waals surface area contributed by atoms with Crippen LogP contribution in [0.5, 0.6) is 0 Å². The molecule has 139 heavy (non-hydrogen) atoms. The number of halogens is 4. The summed E-state index contributed by atoms with van der Waals surface area (Å²) in [5, 5.41) is 11.9. The zero-order valence-corrected chi connectivity index (χ0v) is 93.7. The Hall–Kier alpha value is -7.57. The van der Waals surface area contributed by atoms with Crippen LogP contribution in [0, 0.1) is 35.5 Å². The van der Waals surface area contributed by atoms with Gasteiger partial charge in [-0.25, -0.2) is 9.59 Å². The Morgan fingerprint density at radius 1 is 0.489 bits per heavy atom. The number of benzene rings is 2. The number of methoxy groups -OCH3 is 4. The molecule has 2 aliphatic carbocycles. The second-order valence-electron chi connectivity index (χ2n) is 39.1. The van der Waals surface area contributed by atoms with Crippen LogP contribution in [0.2, 0.25) is 0 Å². The van der Waals surface area contributed by atoms with Gasteiger partial charge in [-0.15, -0.1) is 0 Å². The van der Waals surface area contributed by atoms with E-state index in [1.165, 1.54) is 28.4 Å². The van der Waals surface area contributed by atoms with Crippen LogP contribution in [0.1, 0.15) is 320 Å². The van der Waals surface area contributed by atoms with Gasteiger partial charge in [-0.05, 0) is 212 Å². The van der Waals surface area contributed by atoms with E-state index in [0.29, 0.717) is 170 Å². The average molecular weight is 2300 g/mol. The van der Waals surface area contributed by atoms with E-state index in [4.69, 9.17) is 45.8 Å². The van der Waals surface area contributed by atoms with E-state index in [2.05, 4.69) is 110 Å². The summed E-state index contributed by atoms with van der Waals surface area (Å²) in [7, 11) is 5.46. The van der Waals surface area contributed by atoms with E-state index < -0.39 is 47.2 Å². The molecule has 782 valence electrons. The van der Waals surface area contributed by atoms with E-state index in [9.17, 15) is 62.3 Å². The number of nitrogens with one attached hydrogen (secondary N) is 4. The van der Waals surface area contributed by atoms with Crippen molar-refractivity contribution < 1.29 is 109 Å². The fourth-order valence-corrected chi connectivity index (χ4v) is 17.5. The normalized spacial score (nSPS) is 16.5. The standard InChI is InChI=1S/C56H86N4O11.C32H51N3O3.C20H29ClO6.I3/c1-38(2)36-43(58-55(67)71-56(6,7)8)33-32-42(37-41-26-19-17-20-27-41)54(66)60-34-25-30-46(60)53(65)59-45(52(64)57-39(3)4)29-22-18-23-31-47(61)70-35-24-16-14-12-11-13-15-21-28-44-40(5)48(62)50(68-9)51(69-10)49(44)63;1-23(2)20-25(5)16-17-27(22-26-12-7-6-8-13-26)32(38)35-19-11-15-29(35)31(37)34-28(14-9-10-18-33)30(36)21-24(3)4;1-14-15(17(23)19(26-3)18(25-2)16(14)22)12-10-8-6-4-5-7-9-11-13-27-20(21)24;1-3-2/h17,19-20,26-27,32-33,38-39,42-43,45-46H,11-16,18,21-25,28-31,34-37H2,1-10H3,(H,57,64)(H,58,67)(H,59,65);6-8,12-13,16-17,23-25,27-29H,9-11,14-15,18-22,33H2,1-5H3,(H,34,37);4-13H2,1-3H3;/q;;;-1/b33-32+;17-16+;;/t42-,43-,45+,46+;25-,27-,28+,29+;;/m11../s1. The van der Waals surface area contributed by atoms with Crippen molar-refractivity contribution in [3.05, 3.63) is 141 Å². The van der Waals surface area contributed by atoms with E-state index in [1.54, 1.807) is 23.6 Å². The third kappa shape index (κ3) is 49.5. The Labute approximate surface area is 865 Å². The minimum atomic E-state index is -0.807. The van der Waals surface area contributed by atoms with E-state index in [0.717, 1.165) is 140 Å². The Balaban J connectivity index is 0.000000605. The third-order valence-electron chi connectivity index (χ3n) is 24.4. The number of likely N-dealkylation sites (tertiary alicyclic amines) is 2. The number of hydrogen-bond acceptors (Lipinski definition) is 21. The number of alkyl carbamates (subject to hydrolysis) is 1. The number of carbonyl (C=O) groups is 13. The molecule has 4 aliphatic rings. The van der Waals surface area contributed by atoms with Crippen molar-refractivity contribution in [2.75, 3.05) is 61.3 Å². The van der Waals surface area contributed by atoms with Gasteiger partial charge in [-0.2, -0.15) is 0 Å². The summed E-state index contributed by atoms with van der Waals surface area (Å²) in [5.41, 5.74) is 8.23. The minimum absolute atomic E-state index is 0.00273. The molecule has 2 heterocycles. The summed E-state index contributed by atoms with van der Waals surface area (Å²) in [4.78, 5) is 171. The molecule has 2 saturated heterocycles. The Bertz CT molecular complexity index is 4330. The molecule has 0 spiro atoms. The molecule has 0 unspecified atom stereocenters. The number of nitrogens with zero attached hydrogens (tertiary/aromatic N) is 2. The molecule has 31 heteroatoms. The van der Waals surface area contributed by atoms with Gasteiger partial charge in [0.05, 0.1) is 65.6 Å². The number of carbonyl (C=O) groups excluding carboxylic acids is 13. The summed E-state index contributed by atoms with van der Waals surface area (Å²) in [6.07, 6.45) is 34.7. The second kappa shape index (κ2) is 71.0. The van der Waals surface area contributed by atoms with Crippen LogP contribution in [-0.4, -0.2) is 189 Å². The molecule has 2 aliphatic heterocycles. The molecule has 0 bridgehead atoms. The Morgan fingerprint density at radius 3 is 1.29 bits per heavy atom. The summed E-state index contributed by atoms with van der Waals surface area (Å²) in [5.74, 6) is -1.91. The van der Waals surface area contributed by atoms with E-state index in [1.807, 2.05) is 121 Å². The first kappa shape index (κ1) is 126. The van der Waals surface area contributed by atoms with Crippen molar-refractivity contribution in [3.63, 3.8) is 0 Å². The predicted octanol–water partition coefficient (Wildman–Crippen LogP) is 18.2. The van der Waals surface area contributed by atoms with Gasteiger partial charge in [0.1, 0.15) is 23.7 Å². The van der Waals surface area contributed by atoms with Crippen molar-refractivity contribution in [2.24, 2.45) is 41.2 Å². The van der Waals surface area contributed by atoms with Gasteiger partial charge in [0, 0.05) is 65.9 Å². The maximum absolute atomic E-state index is 14.5. The van der Waals surface area contributed by atoms with Crippen LogP contribution < -0.4 is 40.3 Å². The summed E-state index contributed by atoms with van der Waals surface area (Å²) in [6.45, 7) is 29.5. The number of rotatable bonds is 60. The fraction of sp³-hybridized carbons (Fsp3) is 0.657. The molecular formula is C108H166ClI3N7O20-. The molecule has 0 radical (unpaired) electrons. The van der Waals surface area contributed by atoms with Crippen molar-refractivity contribution in [2.45, 2.75) is 364 Å². The summed E-state index contributed by atoms with van der Waals surface area (Å²) < 4.78 is 36.1. The zero-order chi connectivity index (χ0) is 104. The number of esters is 1. The van der Waals surface area contributed by atoms with Gasteiger partial charge in [0.25, 0.3) is 0 Å². The van der Waals surface area contributed by atoms with Gasteiger partial charge in [0.15, 0.2) is 5.78 Å². The van der Waals surface area contributed by atoms with Crippen molar-refractivity contribution in [1.29, 1.82) is 0 Å². The van der Waals surface area contributed by atoms with Gasteiger partial charge >= 0.3 is 68.0 Å². The van der Waals surface area contributed by atoms with Crippen LogP contribution in [0.3, 0.4) is 0 Å². The molecule has 27 nitrogen and oxygen atoms in total. The average Bonchev–Trinajstić information content (AvgIpc) is 1.78. The molecule has 2 aromatic carbocycles. The zero-order valence-electron chi connectivity index (χ0n) is 86.4. The Kier molecular flexibility index (Phi) is 64.1. The second-order valence-corrected chi connectivity index (χ2v) is 55.7. The molecule has 2 aromatic rings. The van der Waals surface area contributed by atoms with E-state index in [-0.39, 0.29) is 124 Å². The quantitative estimate of drug-likeness (QED) is 0.00781. The number of Topliss-reactive ketones (excluding diaryl/α,β-unsaturated/α-hetero) is 5. The number of hydrogen-bond donors (Lipinski definition) is 5. The molecular weight excluding hydrogens is 2130 g/mol. The number of amides is 6. The van der Waals surface area contributed by atoms with E-state index >= 15 is 0 Å². The maximum atomic E-state index is 14.5. The molecule has 0 aromatic heterocycles. The van der Waals surface area contributed by atoms with Crippen LogP contribution >= 0.6 is 48.8 Å². The van der Waals surface area contributed by atoms with Crippen LogP contribution in [0.15, 0.2) is 130 Å². The summed E-state index contributed by atoms with van der Waals surface area (Å²) >= 11 is 10.4. The molecule has 6 amide bonds. The molecule has 6 N–H and O–H groups in total. The molecule has 6 rings (SSSR count). The van der Waals surface area contributed by atoms with Gasteiger partial charge < -0.3 is 70.0 Å². The number of allylic oxidation sites excluding steroid dienone is 5. The van der Waals surface area contributed by atoms with Crippen LogP contribution in [0.4, 0.5) is 9.59 Å². The van der Waals surface area contributed by atoms with Gasteiger partial charge in [-0.1, -0.05) is 223 Å². The number of unbranched alkanes of at least 4 members (excludes halogenated alkanes) is 17. The van der Waals surface area contributed by atoms with Crippen LogP contribution in [-0.2, 0) is 98.7 Å². The topological polar surface area (TPSA) is 367 Å².